The Morgan fingerprint density at radius 1 is 1.30 bits per heavy atom. The fraction of sp³-hybridized carbons (Fsp3) is 0.529. The van der Waals surface area contributed by atoms with E-state index in [4.69, 9.17) is 4.74 Å². The molecule has 23 heavy (non-hydrogen) atoms. The molecule has 1 aliphatic heterocycles. The average molecular weight is 320 g/mol. The Morgan fingerprint density at radius 2 is 2.13 bits per heavy atom. The number of benzene rings is 1. The van der Waals surface area contributed by atoms with Gasteiger partial charge in [0.15, 0.2) is 0 Å². The summed E-state index contributed by atoms with van der Waals surface area (Å²) in [4.78, 5) is 25.0. The minimum absolute atomic E-state index is 0.0710. The van der Waals surface area contributed by atoms with Crippen molar-refractivity contribution in [3.05, 3.63) is 29.3 Å². The van der Waals surface area contributed by atoms with Gasteiger partial charge >= 0.3 is 5.97 Å². The van der Waals surface area contributed by atoms with Crippen molar-refractivity contribution >= 4 is 11.9 Å². The Labute approximate surface area is 136 Å². The quantitative estimate of drug-likeness (QED) is 0.763. The van der Waals surface area contributed by atoms with Gasteiger partial charge in [-0.1, -0.05) is 6.07 Å². The van der Waals surface area contributed by atoms with Crippen LogP contribution in [0.3, 0.4) is 0 Å². The van der Waals surface area contributed by atoms with Crippen molar-refractivity contribution in [2.24, 2.45) is 0 Å². The second kappa shape index (κ2) is 8.53. The zero-order chi connectivity index (χ0) is 16.7. The Kier molecular flexibility index (Phi) is 6.40. The molecule has 0 saturated heterocycles. The van der Waals surface area contributed by atoms with Gasteiger partial charge in [0.05, 0.1) is 26.7 Å². The van der Waals surface area contributed by atoms with Crippen LogP contribution in [0.15, 0.2) is 18.2 Å². The predicted molar refractivity (Wildman–Crippen MR) is 86.2 cm³/mol. The van der Waals surface area contributed by atoms with Gasteiger partial charge in [-0.3, -0.25) is 14.5 Å². The summed E-state index contributed by atoms with van der Waals surface area (Å²) in [6, 6.07) is 6.16. The van der Waals surface area contributed by atoms with Crippen molar-refractivity contribution in [2.75, 3.05) is 33.4 Å². The fourth-order valence-electron chi connectivity index (χ4n) is 2.65. The molecule has 1 N–H and O–H groups in total. The summed E-state index contributed by atoms with van der Waals surface area (Å²) < 4.78 is 10.1. The molecule has 1 heterocycles. The van der Waals surface area contributed by atoms with Gasteiger partial charge in [0, 0.05) is 19.6 Å². The summed E-state index contributed by atoms with van der Waals surface area (Å²) in [7, 11) is 1.34. The van der Waals surface area contributed by atoms with E-state index < -0.39 is 0 Å². The van der Waals surface area contributed by atoms with Crippen molar-refractivity contribution in [2.45, 2.75) is 26.3 Å². The van der Waals surface area contributed by atoms with Crippen LogP contribution in [0.4, 0.5) is 0 Å². The third-order valence-corrected chi connectivity index (χ3v) is 3.83. The first-order valence-electron chi connectivity index (χ1n) is 7.93. The maximum absolute atomic E-state index is 11.9. The topological polar surface area (TPSA) is 67.9 Å². The average Bonchev–Trinajstić information content (AvgIpc) is 2.54. The van der Waals surface area contributed by atoms with Crippen molar-refractivity contribution in [3.8, 4) is 5.75 Å². The molecular weight excluding hydrogens is 296 g/mol. The van der Waals surface area contributed by atoms with Crippen LogP contribution >= 0.6 is 0 Å². The molecule has 1 aromatic carbocycles. The molecule has 0 aromatic heterocycles. The minimum atomic E-state index is -0.319. The van der Waals surface area contributed by atoms with E-state index in [9.17, 15) is 9.59 Å². The molecular formula is C17H24N2O4. The van der Waals surface area contributed by atoms with Crippen LogP contribution in [-0.2, 0) is 27.3 Å². The van der Waals surface area contributed by atoms with E-state index in [1.54, 1.807) is 0 Å². The van der Waals surface area contributed by atoms with E-state index in [0.29, 0.717) is 19.7 Å². The summed E-state index contributed by atoms with van der Waals surface area (Å²) in [5, 5.41) is 2.74. The molecule has 126 valence electrons. The molecule has 0 unspecified atom stereocenters. The van der Waals surface area contributed by atoms with Gasteiger partial charge in [0.25, 0.3) is 0 Å². The number of amides is 1. The Hall–Kier alpha value is -2.08. The second-order valence-corrected chi connectivity index (χ2v) is 5.50. The van der Waals surface area contributed by atoms with Gasteiger partial charge in [-0.05, 0) is 36.6 Å². The van der Waals surface area contributed by atoms with Crippen LogP contribution < -0.4 is 10.1 Å². The van der Waals surface area contributed by atoms with Crippen molar-refractivity contribution in [1.29, 1.82) is 0 Å². The fourth-order valence-corrected chi connectivity index (χ4v) is 2.65. The third-order valence-electron chi connectivity index (χ3n) is 3.83. The first-order chi connectivity index (χ1) is 11.1. The van der Waals surface area contributed by atoms with Crippen LogP contribution in [0.2, 0.25) is 0 Å². The number of carbonyl (C=O) groups excluding carboxylic acids is 2. The Bertz CT molecular complexity index is 560. The van der Waals surface area contributed by atoms with Crippen LogP contribution in [0.25, 0.3) is 0 Å². The summed E-state index contributed by atoms with van der Waals surface area (Å²) >= 11 is 0. The summed E-state index contributed by atoms with van der Waals surface area (Å²) in [5.41, 5.74) is 2.53. The van der Waals surface area contributed by atoms with Gasteiger partial charge in [-0.25, -0.2) is 0 Å². The number of hydrogen-bond acceptors (Lipinski definition) is 5. The lowest BCUT2D eigenvalue weighted by Gasteiger charge is -2.28. The number of methoxy groups -OCH3 is 1. The highest BCUT2D eigenvalue weighted by Gasteiger charge is 2.19. The lowest BCUT2D eigenvalue weighted by molar-refractivity contribution is -0.140. The molecule has 1 amide bonds. The summed E-state index contributed by atoms with van der Waals surface area (Å²) in [5.74, 6) is 0.481. The van der Waals surface area contributed by atoms with Crippen LogP contribution in [0.5, 0.6) is 5.75 Å². The number of nitrogens with one attached hydrogen (secondary N) is 1. The van der Waals surface area contributed by atoms with Gasteiger partial charge in [-0.15, -0.1) is 0 Å². The zero-order valence-corrected chi connectivity index (χ0v) is 13.8. The lowest BCUT2D eigenvalue weighted by Crippen LogP contribution is -2.40. The van der Waals surface area contributed by atoms with E-state index in [1.165, 1.54) is 18.2 Å². The first-order valence-corrected chi connectivity index (χ1v) is 7.93. The molecule has 0 spiro atoms. The normalized spacial score (nSPS) is 14.0. The number of carbonyl (C=O) groups is 2. The molecule has 6 nitrogen and oxygen atoms in total. The summed E-state index contributed by atoms with van der Waals surface area (Å²) in [6.45, 7) is 4.84. The first kappa shape index (κ1) is 17.3. The van der Waals surface area contributed by atoms with Crippen molar-refractivity contribution in [1.82, 2.24) is 10.2 Å². The van der Waals surface area contributed by atoms with Crippen LogP contribution in [0.1, 0.15) is 24.5 Å². The number of esters is 1. The number of fused-ring (bicyclic) bond motifs is 1. The lowest BCUT2D eigenvalue weighted by atomic mass is 9.99. The number of rotatable bonds is 7. The maximum atomic E-state index is 11.9. The molecule has 0 bridgehead atoms. The van der Waals surface area contributed by atoms with Crippen molar-refractivity contribution in [3.63, 3.8) is 0 Å². The minimum Gasteiger partial charge on any atom is -0.494 e. The maximum Gasteiger partial charge on any atom is 0.307 e. The van der Waals surface area contributed by atoms with E-state index in [-0.39, 0.29) is 18.3 Å². The van der Waals surface area contributed by atoms with Gasteiger partial charge in [0.2, 0.25) is 5.91 Å². The van der Waals surface area contributed by atoms with E-state index >= 15 is 0 Å². The van der Waals surface area contributed by atoms with Gasteiger partial charge in [0.1, 0.15) is 5.75 Å². The molecule has 0 saturated carbocycles. The van der Waals surface area contributed by atoms with Crippen LogP contribution in [0, 0.1) is 0 Å². The standard InChI is InChI=1S/C17H24N2O4/c1-3-23-15-5-4-13-7-9-19(11-14(13)10-15)12-16(20)18-8-6-17(21)22-2/h4-5,10H,3,6-9,11-12H2,1-2H3,(H,18,20). The van der Waals surface area contributed by atoms with E-state index in [0.717, 1.165) is 25.3 Å². The SMILES string of the molecule is CCOc1ccc2c(c1)CN(CC(=O)NCCC(=O)OC)CC2. The molecule has 0 aliphatic carbocycles. The molecule has 0 radical (unpaired) electrons. The third kappa shape index (κ3) is 5.25. The molecule has 1 aromatic rings. The summed E-state index contributed by atoms with van der Waals surface area (Å²) in [6.07, 6.45) is 1.12. The molecule has 6 heteroatoms. The second-order valence-electron chi connectivity index (χ2n) is 5.50. The number of ether oxygens (including phenoxy) is 2. The molecule has 0 fully saturated rings. The highest BCUT2D eigenvalue weighted by Crippen LogP contribution is 2.23. The van der Waals surface area contributed by atoms with Crippen LogP contribution in [-0.4, -0.2) is 50.1 Å². The van der Waals surface area contributed by atoms with E-state index in [1.807, 2.05) is 13.0 Å². The smallest absolute Gasteiger partial charge is 0.307 e. The molecule has 1 aliphatic rings. The van der Waals surface area contributed by atoms with Gasteiger partial charge < -0.3 is 14.8 Å². The highest BCUT2D eigenvalue weighted by atomic mass is 16.5. The molecule has 0 atom stereocenters. The Morgan fingerprint density at radius 3 is 2.87 bits per heavy atom. The van der Waals surface area contributed by atoms with E-state index in [2.05, 4.69) is 27.1 Å². The van der Waals surface area contributed by atoms with Crippen molar-refractivity contribution < 1.29 is 19.1 Å². The number of nitrogens with zero attached hydrogens (tertiary/aromatic N) is 1. The molecule has 2 rings (SSSR count). The Balaban J connectivity index is 1.83. The zero-order valence-electron chi connectivity index (χ0n) is 13.8. The largest absolute Gasteiger partial charge is 0.494 e. The highest BCUT2D eigenvalue weighted by molar-refractivity contribution is 5.78. The number of hydrogen-bond donors (Lipinski definition) is 1. The monoisotopic (exact) mass is 320 g/mol. The predicted octanol–water partition coefficient (Wildman–Crippen LogP) is 1.12. The van der Waals surface area contributed by atoms with Gasteiger partial charge in [-0.2, -0.15) is 0 Å².